The Morgan fingerprint density at radius 1 is 0.293 bits per heavy atom. The fourth-order valence-electron chi connectivity index (χ4n) is 5.38. The first-order valence-corrected chi connectivity index (χ1v) is 19.6. The third kappa shape index (κ3) is 5.98. The summed E-state index contributed by atoms with van der Waals surface area (Å²) in [5.74, 6) is 0. The number of hydrogen-bond donors (Lipinski definition) is 0. The van der Waals surface area contributed by atoms with Gasteiger partial charge < -0.3 is 0 Å². The predicted molar refractivity (Wildman–Crippen MR) is 181 cm³/mol. The molecule has 0 saturated heterocycles. The average molecular weight is 769 g/mol. The number of benzene rings is 6. The third-order valence-electron chi connectivity index (χ3n) is 7.16. The van der Waals surface area contributed by atoms with Crippen molar-refractivity contribution in [1.82, 2.24) is 0 Å². The summed E-state index contributed by atoms with van der Waals surface area (Å²) in [5, 5.41) is 12.5. The van der Waals surface area contributed by atoms with E-state index in [1.165, 1.54) is 31.8 Å². The Morgan fingerprint density at radius 3 is 0.585 bits per heavy atom. The van der Waals surface area contributed by atoms with Gasteiger partial charge >= 0.3 is 29.2 Å². The first-order chi connectivity index (χ1) is 20.3. The van der Waals surface area contributed by atoms with Crippen LogP contribution in [0.3, 0.4) is 0 Å². The first-order valence-electron chi connectivity index (χ1n) is 13.4. The van der Waals surface area contributed by atoms with E-state index in [1.54, 1.807) is 20.0 Å². The Kier molecular flexibility index (Phi) is 10.2. The summed E-state index contributed by atoms with van der Waals surface area (Å²) in [7, 11) is 4.58. The van der Waals surface area contributed by atoms with Crippen LogP contribution in [0, 0.1) is 0 Å². The molecule has 0 aliphatic carbocycles. The molecular weight excluding hydrogens is 739 g/mol. The maximum absolute atomic E-state index is 4.60. The molecule has 0 amide bonds. The van der Waals surface area contributed by atoms with Gasteiger partial charge in [-0.05, 0) is 31.8 Å². The fourth-order valence-corrected chi connectivity index (χ4v) is 15.5. The minimum absolute atomic E-state index is 1.31. The molecule has 41 heavy (non-hydrogen) atoms. The normalized spacial score (nSPS) is 11.1. The van der Waals surface area contributed by atoms with E-state index >= 15 is 0 Å². The SMILES string of the molecule is C(=P(c1ccccc1)(c1ccccc1)c1ccccc1)=P(c1ccccc1)(c1ccccc1)c1ccccc1.[Cl][Au]. The summed E-state index contributed by atoms with van der Waals surface area (Å²) in [5.41, 5.74) is 0. The average Bonchev–Trinajstić information content (AvgIpc) is 3.09. The van der Waals surface area contributed by atoms with Crippen LogP contribution < -0.4 is 31.8 Å². The molecular formula is C37H30AuClP2. The standard InChI is InChI=1S/C37H30P2.Au.ClH/c1-7-19-32(20-8-1)38(33-21-9-2-10-22-33,34-23-11-3-12-24-34)31-39(35-25-13-4-14-26-35,36-27-15-5-16-28-36)37-29-17-6-18-30-37;;/h1-30H;;1H/q;+1;/p-1. The van der Waals surface area contributed by atoms with Crippen molar-refractivity contribution in [3.05, 3.63) is 182 Å². The van der Waals surface area contributed by atoms with Crippen LogP contribution in [0.15, 0.2) is 182 Å². The minimum atomic E-state index is -2.37. The van der Waals surface area contributed by atoms with Crippen molar-refractivity contribution < 1.29 is 20.0 Å². The van der Waals surface area contributed by atoms with E-state index in [0.29, 0.717) is 0 Å². The molecule has 4 heteroatoms. The maximum atomic E-state index is 4.60. The Labute approximate surface area is 260 Å². The number of hydrogen-bond acceptors (Lipinski definition) is 0. The second-order valence-electron chi connectivity index (χ2n) is 9.45. The summed E-state index contributed by atoms with van der Waals surface area (Å²) in [6.07, 6.45) is 0. The van der Waals surface area contributed by atoms with Gasteiger partial charge in [-0.1, -0.05) is 182 Å². The van der Waals surface area contributed by atoms with Crippen molar-refractivity contribution in [3.63, 3.8) is 0 Å². The van der Waals surface area contributed by atoms with Crippen LogP contribution in [0.25, 0.3) is 0 Å². The zero-order valence-corrected chi connectivity index (χ0v) is 27.1. The van der Waals surface area contributed by atoms with Crippen molar-refractivity contribution in [2.45, 2.75) is 0 Å². The molecule has 0 spiro atoms. The van der Waals surface area contributed by atoms with Crippen LogP contribution in [0.2, 0.25) is 0 Å². The van der Waals surface area contributed by atoms with Gasteiger partial charge in [0, 0.05) is 13.8 Å². The van der Waals surface area contributed by atoms with Crippen LogP contribution in [-0.4, -0.2) is 5.17 Å². The zero-order chi connectivity index (χ0) is 28.4. The predicted octanol–water partition coefficient (Wildman–Crippen LogP) is 7.30. The third-order valence-corrected chi connectivity index (χ3v) is 16.0. The molecule has 0 atom stereocenters. The Balaban J connectivity index is 0.00000165. The Hall–Kier alpha value is -3.01. The van der Waals surface area contributed by atoms with Crippen molar-refractivity contribution >= 4 is 60.0 Å². The number of rotatable bonds is 6. The van der Waals surface area contributed by atoms with Crippen LogP contribution >= 0.6 is 23.0 Å². The van der Waals surface area contributed by atoms with E-state index in [4.69, 9.17) is 0 Å². The summed E-state index contributed by atoms with van der Waals surface area (Å²) in [4.78, 5) is 0. The van der Waals surface area contributed by atoms with E-state index in [1.807, 2.05) is 0 Å². The first kappa shape index (κ1) is 29.5. The van der Waals surface area contributed by atoms with Crippen LogP contribution in [0.5, 0.6) is 0 Å². The van der Waals surface area contributed by atoms with E-state index in [9.17, 15) is 0 Å². The molecule has 0 unspecified atom stereocenters. The van der Waals surface area contributed by atoms with Crippen molar-refractivity contribution in [1.29, 1.82) is 0 Å². The van der Waals surface area contributed by atoms with E-state index in [2.05, 4.69) is 196 Å². The van der Waals surface area contributed by atoms with Gasteiger partial charge in [0.05, 0.1) is 0 Å². The van der Waals surface area contributed by atoms with Gasteiger partial charge in [0.25, 0.3) is 0 Å². The quantitative estimate of drug-likeness (QED) is 0.123. The molecule has 0 aliphatic heterocycles. The second-order valence-corrected chi connectivity index (χ2v) is 16.0. The molecule has 0 saturated carbocycles. The fraction of sp³-hybridized carbons (Fsp3) is 0. The van der Waals surface area contributed by atoms with Gasteiger partial charge in [-0.2, -0.15) is 0 Å². The topological polar surface area (TPSA) is 0 Å². The molecule has 0 radical (unpaired) electrons. The van der Waals surface area contributed by atoms with Crippen molar-refractivity contribution in [3.8, 4) is 0 Å². The van der Waals surface area contributed by atoms with Crippen LogP contribution in [0.1, 0.15) is 0 Å². The van der Waals surface area contributed by atoms with E-state index in [0.717, 1.165) is 0 Å². The molecule has 0 heterocycles. The van der Waals surface area contributed by atoms with Gasteiger partial charge in [-0.3, -0.25) is 0 Å². The summed E-state index contributed by atoms with van der Waals surface area (Å²) in [6.45, 7) is -4.74. The molecule has 0 aromatic heterocycles. The van der Waals surface area contributed by atoms with Gasteiger partial charge in [0.15, 0.2) is 0 Å². The summed E-state index contributed by atoms with van der Waals surface area (Å²) in [6, 6.07) is 66.4. The molecule has 6 aromatic rings. The molecule has 0 aliphatic rings. The molecule has 0 nitrogen and oxygen atoms in total. The van der Waals surface area contributed by atoms with Crippen LogP contribution in [-0.2, 0) is 20.0 Å². The van der Waals surface area contributed by atoms with Gasteiger partial charge in [0.2, 0.25) is 0 Å². The monoisotopic (exact) mass is 768 g/mol. The van der Waals surface area contributed by atoms with Crippen molar-refractivity contribution in [2.75, 3.05) is 0 Å². The molecule has 0 N–H and O–H groups in total. The molecule has 6 rings (SSSR count). The summed E-state index contributed by atoms with van der Waals surface area (Å²) >= 11 is 1.75. The van der Waals surface area contributed by atoms with Gasteiger partial charge in [0.1, 0.15) is 0 Å². The number of halogens is 1. The molecule has 6 aromatic carbocycles. The second kappa shape index (κ2) is 14.2. The van der Waals surface area contributed by atoms with Gasteiger partial charge in [-0.15, -0.1) is 5.17 Å². The zero-order valence-electron chi connectivity index (χ0n) is 22.4. The van der Waals surface area contributed by atoms with E-state index < -0.39 is 13.8 Å². The Morgan fingerprint density at radius 2 is 0.439 bits per heavy atom. The Bertz CT molecular complexity index is 1430. The summed E-state index contributed by atoms with van der Waals surface area (Å²) < 4.78 is 0. The van der Waals surface area contributed by atoms with E-state index in [-0.39, 0.29) is 0 Å². The molecule has 206 valence electrons. The van der Waals surface area contributed by atoms with Crippen LogP contribution in [0.4, 0.5) is 0 Å². The van der Waals surface area contributed by atoms with Crippen molar-refractivity contribution in [2.24, 2.45) is 0 Å². The molecule has 0 bridgehead atoms. The molecule has 0 fully saturated rings. The van der Waals surface area contributed by atoms with Gasteiger partial charge in [-0.25, -0.2) is 0 Å².